The van der Waals surface area contributed by atoms with E-state index < -0.39 is 0 Å². The molecule has 0 aromatic heterocycles. The van der Waals surface area contributed by atoms with Gasteiger partial charge in [-0.25, -0.2) is 0 Å². The highest BCUT2D eigenvalue weighted by Crippen LogP contribution is 2.40. The second kappa shape index (κ2) is 7.13. The number of nitrogens with one attached hydrogen (secondary N) is 1. The van der Waals surface area contributed by atoms with E-state index in [-0.39, 0.29) is 24.4 Å². The van der Waals surface area contributed by atoms with Crippen LogP contribution < -0.4 is 5.32 Å². The first kappa shape index (κ1) is 16.1. The molecule has 0 saturated carbocycles. The fourth-order valence-corrected chi connectivity index (χ4v) is 3.75. The molecule has 0 saturated heterocycles. The lowest BCUT2D eigenvalue weighted by molar-refractivity contribution is -0.133. The SMILES string of the molecule is C=CC(=O)NCC(=O)N(C)C1CCSc2ccc(Br)cc21. The zero-order valence-corrected chi connectivity index (χ0v) is 14.2. The quantitative estimate of drug-likeness (QED) is 0.831. The molecule has 1 heterocycles. The molecule has 2 amide bonds. The normalized spacial score (nSPS) is 16.8. The van der Waals surface area contributed by atoms with E-state index in [2.05, 4.69) is 40.0 Å². The van der Waals surface area contributed by atoms with Crippen molar-refractivity contribution in [2.45, 2.75) is 17.4 Å². The Morgan fingerprint density at radius 2 is 2.33 bits per heavy atom. The predicted molar refractivity (Wildman–Crippen MR) is 88.2 cm³/mol. The molecule has 1 aromatic carbocycles. The van der Waals surface area contributed by atoms with Crippen LogP contribution in [0.4, 0.5) is 0 Å². The molecule has 1 aromatic rings. The Morgan fingerprint density at radius 3 is 3.05 bits per heavy atom. The number of amides is 2. The molecule has 2 rings (SSSR count). The van der Waals surface area contributed by atoms with Crippen LogP contribution in [0.25, 0.3) is 0 Å². The van der Waals surface area contributed by atoms with Crippen LogP contribution in [0.2, 0.25) is 0 Å². The number of fused-ring (bicyclic) bond motifs is 1. The second-order valence-corrected chi connectivity index (χ2v) is 6.81. The molecular weight excluding hydrogens is 352 g/mol. The Labute approximate surface area is 137 Å². The topological polar surface area (TPSA) is 49.4 Å². The summed E-state index contributed by atoms with van der Waals surface area (Å²) in [5, 5.41) is 2.52. The maximum absolute atomic E-state index is 12.2. The lowest BCUT2D eigenvalue weighted by atomic mass is 10.0. The summed E-state index contributed by atoms with van der Waals surface area (Å²) >= 11 is 5.29. The van der Waals surface area contributed by atoms with Gasteiger partial charge in [-0.1, -0.05) is 22.5 Å². The zero-order chi connectivity index (χ0) is 15.4. The monoisotopic (exact) mass is 368 g/mol. The molecule has 0 radical (unpaired) electrons. The molecule has 0 bridgehead atoms. The van der Waals surface area contributed by atoms with Crippen molar-refractivity contribution in [2.75, 3.05) is 19.3 Å². The minimum Gasteiger partial charge on any atom is -0.343 e. The maximum atomic E-state index is 12.2. The number of carbonyl (C=O) groups is 2. The standard InChI is InChI=1S/C15H17BrN2O2S/c1-3-14(19)17-9-15(20)18(2)12-6-7-21-13-5-4-10(16)8-11(12)13/h3-5,8,12H,1,6-7,9H2,2H3,(H,17,19). The number of carbonyl (C=O) groups excluding carboxylic acids is 2. The summed E-state index contributed by atoms with van der Waals surface area (Å²) in [6.07, 6.45) is 2.07. The van der Waals surface area contributed by atoms with Gasteiger partial charge in [0.1, 0.15) is 0 Å². The third kappa shape index (κ3) is 3.89. The van der Waals surface area contributed by atoms with Crippen LogP contribution in [0.3, 0.4) is 0 Å². The molecule has 4 nitrogen and oxygen atoms in total. The van der Waals surface area contributed by atoms with Crippen molar-refractivity contribution in [1.29, 1.82) is 0 Å². The third-order valence-electron chi connectivity index (χ3n) is 3.44. The highest BCUT2D eigenvalue weighted by molar-refractivity contribution is 9.10. The molecule has 0 spiro atoms. The van der Waals surface area contributed by atoms with Crippen LogP contribution in [0.1, 0.15) is 18.0 Å². The fourth-order valence-electron chi connectivity index (χ4n) is 2.28. The largest absolute Gasteiger partial charge is 0.343 e. The van der Waals surface area contributed by atoms with Gasteiger partial charge in [-0.05, 0) is 36.3 Å². The van der Waals surface area contributed by atoms with Gasteiger partial charge in [0.2, 0.25) is 11.8 Å². The van der Waals surface area contributed by atoms with Gasteiger partial charge < -0.3 is 10.2 Å². The van der Waals surface area contributed by atoms with Gasteiger partial charge in [0.05, 0.1) is 12.6 Å². The summed E-state index contributed by atoms with van der Waals surface area (Å²) in [5.74, 6) is 0.544. The summed E-state index contributed by atoms with van der Waals surface area (Å²) in [5.41, 5.74) is 1.16. The van der Waals surface area contributed by atoms with E-state index in [1.807, 2.05) is 17.8 Å². The molecule has 1 aliphatic rings. The van der Waals surface area contributed by atoms with Crippen molar-refractivity contribution in [3.63, 3.8) is 0 Å². The number of benzene rings is 1. The van der Waals surface area contributed by atoms with Crippen molar-refractivity contribution >= 4 is 39.5 Å². The Balaban J connectivity index is 2.12. The molecule has 112 valence electrons. The smallest absolute Gasteiger partial charge is 0.243 e. The molecule has 1 N–H and O–H groups in total. The van der Waals surface area contributed by atoms with Gasteiger partial charge >= 0.3 is 0 Å². The number of rotatable bonds is 4. The van der Waals surface area contributed by atoms with Gasteiger partial charge in [0.25, 0.3) is 0 Å². The number of likely N-dealkylation sites (N-methyl/N-ethyl adjacent to an activating group) is 1. The summed E-state index contributed by atoms with van der Waals surface area (Å²) in [4.78, 5) is 26.3. The fraction of sp³-hybridized carbons (Fsp3) is 0.333. The van der Waals surface area contributed by atoms with Crippen LogP contribution in [-0.4, -0.2) is 36.1 Å². The van der Waals surface area contributed by atoms with E-state index in [1.165, 1.54) is 4.90 Å². The van der Waals surface area contributed by atoms with Gasteiger partial charge in [-0.2, -0.15) is 0 Å². The van der Waals surface area contributed by atoms with Gasteiger partial charge in [0.15, 0.2) is 0 Å². The first-order chi connectivity index (χ1) is 10.0. The third-order valence-corrected chi connectivity index (χ3v) is 5.06. The molecule has 1 atom stereocenters. The van der Waals surface area contributed by atoms with E-state index in [0.29, 0.717) is 0 Å². The zero-order valence-electron chi connectivity index (χ0n) is 11.8. The minimum absolute atomic E-state index is 0.00562. The number of hydrogen-bond acceptors (Lipinski definition) is 3. The number of thioether (sulfide) groups is 1. The van der Waals surface area contributed by atoms with Crippen LogP contribution in [0.15, 0.2) is 40.2 Å². The number of halogens is 1. The molecule has 6 heteroatoms. The van der Waals surface area contributed by atoms with Crippen molar-refractivity contribution in [2.24, 2.45) is 0 Å². The highest BCUT2D eigenvalue weighted by atomic mass is 79.9. The Morgan fingerprint density at radius 1 is 1.57 bits per heavy atom. The van der Waals surface area contributed by atoms with Crippen LogP contribution in [0.5, 0.6) is 0 Å². The molecule has 0 aliphatic carbocycles. The Bertz CT molecular complexity index is 577. The Hall–Kier alpha value is -1.27. The van der Waals surface area contributed by atoms with Gasteiger partial charge in [-0.3, -0.25) is 9.59 Å². The molecule has 1 unspecified atom stereocenters. The summed E-state index contributed by atoms with van der Waals surface area (Å²) < 4.78 is 1.01. The maximum Gasteiger partial charge on any atom is 0.243 e. The lowest BCUT2D eigenvalue weighted by Gasteiger charge is -2.33. The summed E-state index contributed by atoms with van der Waals surface area (Å²) in [6.45, 7) is 3.36. The highest BCUT2D eigenvalue weighted by Gasteiger charge is 2.27. The van der Waals surface area contributed by atoms with E-state index in [0.717, 1.165) is 28.3 Å². The lowest BCUT2D eigenvalue weighted by Crippen LogP contribution is -2.40. The molecule has 0 fully saturated rings. The Kier molecular flexibility index (Phi) is 5.47. The van der Waals surface area contributed by atoms with Crippen LogP contribution in [0, 0.1) is 0 Å². The number of nitrogens with zero attached hydrogens (tertiary/aromatic N) is 1. The predicted octanol–water partition coefficient (Wildman–Crippen LogP) is 2.75. The molecule has 1 aliphatic heterocycles. The second-order valence-electron chi connectivity index (χ2n) is 4.76. The molecular formula is C15H17BrN2O2S. The van der Waals surface area contributed by atoms with Gasteiger partial charge in [0, 0.05) is 22.2 Å². The van der Waals surface area contributed by atoms with Crippen molar-refractivity contribution in [1.82, 2.24) is 10.2 Å². The average molecular weight is 369 g/mol. The van der Waals surface area contributed by atoms with E-state index in [9.17, 15) is 9.59 Å². The van der Waals surface area contributed by atoms with Crippen molar-refractivity contribution in [3.05, 3.63) is 40.9 Å². The minimum atomic E-state index is -0.334. The van der Waals surface area contributed by atoms with Crippen molar-refractivity contribution < 1.29 is 9.59 Å². The van der Waals surface area contributed by atoms with E-state index in [4.69, 9.17) is 0 Å². The summed E-state index contributed by atoms with van der Waals surface area (Å²) in [6, 6.07) is 6.21. The van der Waals surface area contributed by atoms with Gasteiger partial charge in [-0.15, -0.1) is 11.8 Å². The average Bonchev–Trinajstić information content (AvgIpc) is 2.50. The first-order valence-electron chi connectivity index (χ1n) is 6.61. The molecule has 21 heavy (non-hydrogen) atoms. The van der Waals surface area contributed by atoms with Crippen molar-refractivity contribution in [3.8, 4) is 0 Å². The first-order valence-corrected chi connectivity index (χ1v) is 8.39. The number of hydrogen-bond donors (Lipinski definition) is 1. The summed E-state index contributed by atoms with van der Waals surface area (Å²) in [7, 11) is 1.79. The van der Waals surface area contributed by atoms with E-state index >= 15 is 0 Å². The van der Waals surface area contributed by atoms with Crippen LogP contribution >= 0.6 is 27.7 Å². The van der Waals surface area contributed by atoms with Crippen LogP contribution in [-0.2, 0) is 9.59 Å². The van der Waals surface area contributed by atoms with E-state index in [1.54, 1.807) is 11.9 Å².